The van der Waals surface area contributed by atoms with Gasteiger partial charge in [-0.1, -0.05) is 38.1 Å². The summed E-state index contributed by atoms with van der Waals surface area (Å²) in [6, 6.07) is 13.4. The Bertz CT molecular complexity index is 780. The first-order valence-electron chi connectivity index (χ1n) is 9.14. The SMILES string of the molecule is CC[C@H](C)c1ccccc1NC(=O)COC(=O)COc1cc(C)cc(C)c1. The van der Waals surface area contributed by atoms with E-state index < -0.39 is 5.97 Å². The Labute approximate surface area is 160 Å². The molecule has 5 heteroatoms. The summed E-state index contributed by atoms with van der Waals surface area (Å²) in [4.78, 5) is 24.0. The van der Waals surface area contributed by atoms with Gasteiger partial charge in [0.1, 0.15) is 5.75 Å². The van der Waals surface area contributed by atoms with Crippen molar-refractivity contribution in [3.63, 3.8) is 0 Å². The Morgan fingerprint density at radius 2 is 1.70 bits per heavy atom. The van der Waals surface area contributed by atoms with Crippen molar-refractivity contribution in [2.24, 2.45) is 0 Å². The number of carbonyl (C=O) groups is 2. The van der Waals surface area contributed by atoms with E-state index in [1.807, 2.05) is 56.3 Å². The lowest BCUT2D eigenvalue weighted by Crippen LogP contribution is -2.24. The van der Waals surface area contributed by atoms with E-state index in [0.717, 1.165) is 28.8 Å². The van der Waals surface area contributed by atoms with Crippen LogP contribution in [0.25, 0.3) is 0 Å². The zero-order valence-electron chi connectivity index (χ0n) is 16.4. The minimum Gasteiger partial charge on any atom is -0.482 e. The summed E-state index contributed by atoms with van der Waals surface area (Å²) in [5, 5.41) is 2.81. The van der Waals surface area contributed by atoms with E-state index in [1.165, 1.54) is 0 Å². The second-order valence-electron chi connectivity index (χ2n) is 6.72. The minimum atomic E-state index is -0.584. The van der Waals surface area contributed by atoms with Gasteiger partial charge in [0.15, 0.2) is 13.2 Å². The average Bonchev–Trinajstić information content (AvgIpc) is 2.64. The molecule has 0 aliphatic rings. The van der Waals surface area contributed by atoms with Crippen LogP contribution in [0.15, 0.2) is 42.5 Å². The summed E-state index contributed by atoms with van der Waals surface area (Å²) >= 11 is 0. The summed E-state index contributed by atoms with van der Waals surface area (Å²) in [6.07, 6.45) is 0.970. The number of nitrogens with one attached hydrogen (secondary N) is 1. The van der Waals surface area contributed by atoms with Crippen molar-refractivity contribution in [3.05, 3.63) is 59.2 Å². The third kappa shape index (κ3) is 6.44. The van der Waals surface area contributed by atoms with E-state index in [1.54, 1.807) is 0 Å². The molecule has 2 rings (SSSR count). The van der Waals surface area contributed by atoms with Crippen LogP contribution in [0.4, 0.5) is 5.69 Å². The van der Waals surface area contributed by atoms with Crippen LogP contribution in [0.1, 0.15) is 42.9 Å². The first-order valence-corrected chi connectivity index (χ1v) is 9.14. The number of carbonyl (C=O) groups excluding carboxylic acids is 2. The highest BCUT2D eigenvalue weighted by Gasteiger charge is 2.13. The second kappa shape index (κ2) is 9.76. The number of hydrogen-bond donors (Lipinski definition) is 1. The lowest BCUT2D eigenvalue weighted by Gasteiger charge is -2.15. The summed E-state index contributed by atoms with van der Waals surface area (Å²) in [6.45, 7) is 7.54. The molecule has 27 heavy (non-hydrogen) atoms. The molecule has 1 amide bonds. The van der Waals surface area contributed by atoms with Crippen molar-refractivity contribution < 1.29 is 19.1 Å². The Morgan fingerprint density at radius 1 is 1.04 bits per heavy atom. The summed E-state index contributed by atoms with van der Waals surface area (Å²) < 4.78 is 10.4. The zero-order chi connectivity index (χ0) is 19.8. The Hall–Kier alpha value is -2.82. The lowest BCUT2D eigenvalue weighted by atomic mass is 9.97. The molecule has 0 unspecified atom stereocenters. The molecular formula is C22H27NO4. The van der Waals surface area contributed by atoms with Gasteiger partial charge in [-0.2, -0.15) is 0 Å². The molecule has 0 saturated carbocycles. The molecule has 1 N–H and O–H groups in total. The van der Waals surface area contributed by atoms with Crippen LogP contribution < -0.4 is 10.1 Å². The maximum absolute atomic E-state index is 12.1. The minimum absolute atomic E-state index is 0.236. The summed E-state index contributed by atoms with van der Waals surface area (Å²) in [5.41, 5.74) is 3.92. The molecule has 1 atom stereocenters. The molecule has 0 aliphatic heterocycles. The van der Waals surface area contributed by atoms with Crippen molar-refractivity contribution in [1.29, 1.82) is 0 Å². The van der Waals surface area contributed by atoms with E-state index in [4.69, 9.17) is 9.47 Å². The number of esters is 1. The van der Waals surface area contributed by atoms with Crippen molar-refractivity contribution in [3.8, 4) is 5.75 Å². The van der Waals surface area contributed by atoms with Crippen LogP contribution in [0.5, 0.6) is 5.75 Å². The fourth-order valence-electron chi connectivity index (χ4n) is 2.79. The molecule has 5 nitrogen and oxygen atoms in total. The third-order valence-corrected chi connectivity index (χ3v) is 4.29. The van der Waals surface area contributed by atoms with Gasteiger partial charge >= 0.3 is 5.97 Å². The average molecular weight is 369 g/mol. The summed E-state index contributed by atoms with van der Waals surface area (Å²) in [5.74, 6) is -0.0170. The third-order valence-electron chi connectivity index (χ3n) is 4.29. The smallest absolute Gasteiger partial charge is 0.344 e. The number of amides is 1. The van der Waals surface area contributed by atoms with E-state index in [-0.39, 0.29) is 19.1 Å². The fourth-order valence-corrected chi connectivity index (χ4v) is 2.79. The molecule has 144 valence electrons. The van der Waals surface area contributed by atoms with Gasteiger partial charge in [-0.25, -0.2) is 4.79 Å². The van der Waals surface area contributed by atoms with Gasteiger partial charge in [-0.15, -0.1) is 0 Å². The molecule has 0 saturated heterocycles. The quantitative estimate of drug-likeness (QED) is 0.702. The van der Waals surface area contributed by atoms with Crippen molar-refractivity contribution in [2.75, 3.05) is 18.5 Å². The number of anilines is 1. The van der Waals surface area contributed by atoms with Crippen LogP contribution in [0, 0.1) is 13.8 Å². The number of hydrogen-bond acceptors (Lipinski definition) is 4. The second-order valence-corrected chi connectivity index (χ2v) is 6.72. The number of benzene rings is 2. The van der Waals surface area contributed by atoms with Crippen LogP contribution in [-0.2, 0) is 14.3 Å². The fraction of sp³-hybridized carbons (Fsp3) is 0.364. The van der Waals surface area contributed by atoms with E-state index in [0.29, 0.717) is 11.7 Å². The van der Waals surface area contributed by atoms with Gasteiger partial charge in [-0.3, -0.25) is 4.79 Å². The molecule has 2 aromatic carbocycles. The van der Waals surface area contributed by atoms with Crippen LogP contribution in [-0.4, -0.2) is 25.1 Å². The van der Waals surface area contributed by atoms with Gasteiger partial charge in [0.05, 0.1) is 0 Å². The molecule has 0 aliphatic carbocycles. The Balaban J connectivity index is 1.82. The molecule has 0 bridgehead atoms. The number of aryl methyl sites for hydroxylation is 2. The molecule has 0 aromatic heterocycles. The van der Waals surface area contributed by atoms with Crippen molar-refractivity contribution in [1.82, 2.24) is 0 Å². The van der Waals surface area contributed by atoms with Crippen molar-refractivity contribution >= 4 is 17.6 Å². The van der Waals surface area contributed by atoms with Gasteiger partial charge in [0.2, 0.25) is 0 Å². The molecule has 0 fully saturated rings. The van der Waals surface area contributed by atoms with Gasteiger partial charge in [-0.05, 0) is 61.1 Å². The molecule has 0 spiro atoms. The van der Waals surface area contributed by atoms with Crippen LogP contribution >= 0.6 is 0 Å². The maximum atomic E-state index is 12.1. The number of ether oxygens (including phenoxy) is 2. The predicted octanol–water partition coefficient (Wildman–Crippen LogP) is 4.38. The normalized spacial score (nSPS) is 11.6. The highest BCUT2D eigenvalue weighted by atomic mass is 16.6. The Kier molecular flexibility index (Phi) is 7.41. The zero-order valence-corrected chi connectivity index (χ0v) is 16.4. The predicted molar refractivity (Wildman–Crippen MR) is 106 cm³/mol. The van der Waals surface area contributed by atoms with E-state index in [9.17, 15) is 9.59 Å². The molecule has 0 heterocycles. The van der Waals surface area contributed by atoms with Crippen molar-refractivity contribution in [2.45, 2.75) is 40.0 Å². The van der Waals surface area contributed by atoms with E-state index in [2.05, 4.69) is 19.2 Å². The number of para-hydroxylation sites is 1. The largest absolute Gasteiger partial charge is 0.482 e. The monoisotopic (exact) mass is 369 g/mol. The summed E-state index contributed by atoms with van der Waals surface area (Å²) in [7, 11) is 0. The molecule has 0 radical (unpaired) electrons. The highest BCUT2D eigenvalue weighted by Crippen LogP contribution is 2.26. The standard InChI is InChI=1S/C22H27NO4/c1-5-17(4)19-8-6-7-9-20(19)23-21(24)13-27-22(25)14-26-18-11-15(2)10-16(3)12-18/h6-12,17H,5,13-14H2,1-4H3,(H,23,24)/t17-/m0/s1. The van der Waals surface area contributed by atoms with Crippen LogP contribution in [0.3, 0.4) is 0 Å². The van der Waals surface area contributed by atoms with Crippen LogP contribution in [0.2, 0.25) is 0 Å². The lowest BCUT2D eigenvalue weighted by molar-refractivity contribution is -0.149. The highest BCUT2D eigenvalue weighted by molar-refractivity contribution is 5.93. The first kappa shape index (κ1) is 20.5. The first-order chi connectivity index (χ1) is 12.9. The van der Waals surface area contributed by atoms with E-state index >= 15 is 0 Å². The topological polar surface area (TPSA) is 64.6 Å². The van der Waals surface area contributed by atoms with Gasteiger partial charge in [0.25, 0.3) is 5.91 Å². The maximum Gasteiger partial charge on any atom is 0.344 e. The number of rotatable bonds is 8. The van der Waals surface area contributed by atoms with Gasteiger partial charge < -0.3 is 14.8 Å². The molecular weight excluding hydrogens is 342 g/mol. The van der Waals surface area contributed by atoms with Gasteiger partial charge in [0, 0.05) is 5.69 Å². The Morgan fingerprint density at radius 3 is 2.37 bits per heavy atom. The molecule has 2 aromatic rings.